The summed E-state index contributed by atoms with van der Waals surface area (Å²) in [6, 6.07) is 12.7. The van der Waals surface area contributed by atoms with Gasteiger partial charge in [0.1, 0.15) is 0 Å². The number of hydrogen-bond acceptors (Lipinski definition) is 15. The van der Waals surface area contributed by atoms with E-state index in [1.54, 1.807) is 24.3 Å². The molecule has 368 valence electrons. The van der Waals surface area contributed by atoms with Gasteiger partial charge in [-0.25, -0.2) is 33.7 Å². The molecule has 0 spiro atoms. The highest BCUT2D eigenvalue weighted by molar-refractivity contribution is 5.97. The third kappa shape index (κ3) is 12.6. The number of carboxylic acids is 1. The molecule has 69 heavy (non-hydrogen) atoms. The van der Waals surface area contributed by atoms with Gasteiger partial charge in [-0.15, -0.1) is 0 Å². The number of anilines is 2. The summed E-state index contributed by atoms with van der Waals surface area (Å²) in [6.07, 6.45) is 9.26. The minimum absolute atomic E-state index is 0.146. The Morgan fingerprint density at radius 2 is 1.06 bits per heavy atom. The minimum atomic E-state index is -1.02. The maximum Gasteiger partial charge on any atom is 0.337 e. The number of aromatic nitrogens is 6. The Morgan fingerprint density at radius 1 is 0.652 bits per heavy atom. The number of aromatic carboxylic acids is 1. The van der Waals surface area contributed by atoms with Gasteiger partial charge >= 0.3 is 17.9 Å². The number of esters is 2. The van der Waals surface area contributed by atoms with Gasteiger partial charge in [0, 0.05) is 92.8 Å². The number of rotatable bonds is 15. The lowest BCUT2D eigenvalue weighted by atomic mass is 10.0. The fourth-order valence-electron chi connectivity index (χ4n) is 8.24. The first kappa shape index (κ1) is 51.4. The average Bonchev–Trinajstić information content (AvgIpc) is 4.02. The fourth-order valence-corrected chi connectivity index (χ4v) is 8.24. The summed E-state index contributed by atoms with van der Waals surface area (Å²) < 4.78 is 24.0. The minimum Gasteiger partial charge on any atom is -0.478 e. The highest BCUT2D eigenvalue weighted by atomic mass is 16.5. The molecule has 0 aliphatic carbocycles. The van der Waals surface area contributed by atoms with Crippen molar-refractivity contribution in [3.05, 3.63) is 106 Å². The van der Waals surface area contributed by atoms with Crippen LogP contribution in [0.1, 0.15) is 117 Å². The molecule has 2 aliphatic rings. The number of carbonyl (C=O) groups is 4. The van der Waals surface area contributed by atoms with Crippen molar-refractivity contribution in [2.45, 2.75) is 104 Å². The van der Waals surface area contributed by atoms with Gasteiger partial charge in [0.2, 0.25) is 0 Å². The number of amides is 1. The van der Waals surface area contributed by atoms with Crippen LogP contribution in [0.2, 0.25) is 0 Å². The molecule has 0 unspecified atom stereocenters. The lowest BCUT2D eigenvalue weighted by molar-refractivity contribution is 0.0591. The number of hydrogen-bond donors (Lipinski definition) is 5. The topological polar surface area (TPSA) is 249 Å². The Hall–Kier alpha value is -6.96. The molecule has 0 atom stereocenters. The molecule has 2 saturated heterocycles. The Bertz CT molecular complexity index is 2690. The van der Waals surface area contributed by atoms with Crippen molar-refractivity contribution < 1.29 is 43.2 Å². The maximum absolute atomic E-state index is 12.9. The van der Waals surface area contributed by atoms with Gasteiger partial charge in [-0.2, -0.15) is 10.2 Å². The highest BCUT2D eigenvalue weighted by Gasteiger charge is 2.24. The first-order valence-electron chi connectivity index (χ1n) is 23.5. The lowest BCUT2D eigenvalue weighted by Gasteiger charge is -2.26. The van der Waals surface area contributed by atoms with Crippen LogP contribution in [-0.2, 0) is 58.0 Å². The Morgan fingerprint density at radius 3 is 1.45 bits per heavy atom. The number of nitrogens with two attached hydrogens (primary N) is 1. The first-order chi connectivity index (χ1) is 33.5. The second-order valence-electron chi connectivity index (χ2n) is 16.3. The Balaban J connectivity index is 0.000000190. The summed E-state index contributed by atoms with van der Waals surface area (Å²) in [6.45, 7) is 13.8. The van der Waals surface area contributed by atoms with E-state index in [9.17, 15) is 19.2 Å². The predicted molar refractivity (Wildman–Crippen MR) is 262 cm³/mol. The van der Waals surface area contributed by atoms with Crippen LogP contribution in [0.3, 0.4) is 0 Å². The molecule has 0 saturated carbocycles. The summed E-state index contributed by atoms with van der Waals surface area (Å²) in [5, 5.41) is 30.0. The van der Waals surface area contributed by atoms with Gasteiger partial charge in [0.05, 0.1) is 65.5 Å². The van der Waals surface area contributed by atoms with Gasteiger partial charge in [0.25, 0.3) is 5.91 Å². The molecule has 2 aromatic carbocycles. The number of nitrogens with one attached hydrogen (secondary N) is 3. The van der Waals surface area contributed by atoms with Gasteiger partial charge in [-0.3, -0.25) is 4.79 Å². The van der Waals surface area contributed by atoms with Crippen LogP contribution in [0.4, 0.5) is 11.4 Å². The summed E-state index contributed by atoms with van der Waals surface area (Å²) in [4.78, 5) is 55.6. The van der Waals surface area contributed by atoms with E-state index in [0.717, 1.165) is 134 Å². The maximum atomic E-state index is 12.9. The normalized spacial score (nSPS) is 14.0. The van der Waals surface area contributed by atoms with Gasteiger partial charge in [-0.1, -0.05) is 13.8 Å². The summed E-state index contributed by atoms with van der Waals surface area (Å²) in [5.74, 6) is -2.15. The molecular formula is C50H64N10O9. The lowest BCUT2D eigenvalue weighted by Crippen LogP contribution is -2.30. The molecular weight excluding hydrogens is 885 g/mol. The molecule has 6 heterocycles. The number of fused-ring (bicyclic) bond motifs is 2. The number of aryl methyl sites for hydroxylation is 4. The van der Waals surface area contributed by atoms with E-state index < -0.39 is 17.9 Å². The zero-order valence-electron chi connectivity index (χ0n) is 40.3. The SMILES string of the molecule is CCc1nc2c(cnn2CC)c(NC2CCOCC2)c1CN.CCc1nc2c(cnn2CC)c(NC2CCOCC2)c1CNC(=O)c1ccc(C(=O)OC)cc1.COC(=O)c1ccc(C(=O)O)cc1. The molecule has 8 rings (SSSR count). The van der Waals surface area contributed by atoms with Gasteiger partial charge < -0.3 is 45.7 Å². The number of carboxylic acid groups (broad SMARTS) is 1. The van der Waals surface area contributed by atoms with E-state index in [0.29, 0.717) is 35.8 Å². The van der Waals surface area contributed by atoms with Gasteiger partial charge in [-0.05, 0) is 101 Å². The van der Waals surface area contributed by atoms with Crippen molar-refractivity contribution in [2.24, 2.45) is 5.73 Å². The van der Waals surface area contributed by atoms with E-state index in [2.05, 4.69) is 51.7 Å². The molecule has 6 N–H and O–H groups in total. The van der Waals surface area contributed by atoms with Crippen molar-refractivity contribution in [3.63, 3.8) is 0 Å². The van der Waals surface area contributed by atoms with Crippen LogP contribution in [0.25, 0.3) is 22.1 Å². The van der Waals surface area contributed by atoms with E-state index in [1.165, 1.54) is 38.5 Å². The van der Waals surface area contributed by atoms with Crippen LogP contribution in [-0.4, -0.2) is 111 Å². The van der Waals surface area contributed by atoms with Crippen LogP contribution in [0.5, 0.6) is 0 Å². The van der Waals surface area contributed by atoms with E-state index >= 15 is 0 Å². The number of benzene rings is 2. The largest absolute Gasteiger partial charge is 0.478 e. The Labute approximate surface area is 401 Å². The van der Waals surface area contributed by atoms with Crippen LogP contribution < -0.4 is 21.7 Å². The zero-order valence-corrected chi connectivity index (χ0v) is 40.3. The van der Waals surface area contributed by atoms with Crippen LogP contribution >= 0.6 is 0 Å². The molecule has 0 bridgehead atoms. The standard InChI is InChI=1S/C25H31N5O4.C16H25N5O.C9H8O4/c1-4-21-19(14-26-24(31)16-6-8-17(9-7-16)25(32)33-3)22(28-18-10-12-34-13-11-18)20-15-27-30(5-2)23(20)29-21;1-3-14-12(9-17)15(19-11-5-7-22-8-6-11)13-10-18-21(4-2)16(13)20-14;1-13-9(12)7-4-2-6(3-5-7)8(10)11/h6-9,15,18H,4-5,10-14H2,1-3H3,(H,26,31)(H,28,29);10-11H,3-9,17H2,1-2H3,(H,19,20);2-5H,1H3,(H,10,11). The molecule has 1 amide bonds. The van der Waals surface area contributed by atoms with E-state index in [1.807, 2.05) is 28.7 Å². The smallest absolute Gasteiger partial charge is 0.337 e. The van der Waals surface area contributed by atoms with Crippen LogP contribution in [0.15, 0.2) is 60.9 Å². The zero-order chi connectivity index (χ0) is 49.5. The van der Waals surface area contributed by atoms with Crippen molar-refractivity contribution in [1.82, 2.24) is 34.8 Å². The molecule has 6 aromatic rings. The number of nitrogens with zero attached hydrogens (tertiary/aromatic N) is 6. The Kier molecular flexibility index (Phi) is 18.5. The third-order valence-corrected chi connectivity index (χ3v) is 12.1. The molecule has 2 aliphatic heterocycles. The summed E-state index contributed by atoms with van der Waals surface area (Å²) >= 11 is 0. The second-order valence-corrected chi connectivity index (χ2v) is 16.3. The molecule has 19 nitrogen and oxygen atoms in total. The van der Waals surface area contributed by atoms with E-state index in [-0.39, 0.29) is 17.5 Å². The first-order valence-corrected chi connectivity index (χ1v) is 23.5. The fraction of sp³-hybridized carbons (Fsp3) is 0.440. The third-order valence-electron chi connectivity index (χ3n) is 12.1. The van der Waals surface area contributed by atoms with Crippen molar-refractivity contribution in [1.29, 1.82) is 0 Å². The molecule has 2 fully saturated rings. The van der Waals surface area contributed by atoms with Gasteiger partial charge in [0.15, 0.2) is 11.3 Å². The van der Waals surface area contributed by atoms with E-state index in [4.69, 9.17) is 35.0 Å². The molecule has 4 aromatic heterocycles. The summed E-state index contributed by atoms with van der Waals surface area (Å²) in [5.41, 5.74) is 15.4. The number of ether oxygens (including phenoxy) is 4. The second kappa shape index (κ2) is 24.9. The summed E-state index contributed by atoms with van der Waals surface area (Å²) in [7, 11) is 2.60. The number of carbonyl (C=O) groups excluding carboxylic acids is 3. The predicted octanol–water partition coefficient (Wildman–Crippen LogP) is 6.56. The number of methoxy groups -OCH3 is 2. The monoisotopic (exact) mass is 948 g/mol. The van der Waals surface area contributed by atoms with Crippen LogP contribution in [0, 0.1) is 0 Å². The number of pyridine rings is 2. The molecule has 19 heteroatoms. The average molecular weight is 949 g/mol. The highest BCUT2D eigenvalue weighted by Crippen LogP contribution is 2.32. The van der Waals surface area contributed by atoms with Crippen molar-refractivity contribution in [3.8, 4) is 0 Å². The van der Waals surface area contributed by atoms with Crippen molar-refractivity contribution in [2.75, 3.05) is 51.3 Å². The van der Waals surface area contributed by atoms with Crippen molar-refractivity contribution >= 4 is 57.3 Å². The quantitative estimate of drug-likeness (QED) is 0.0684. The molecule has 0 radical (unpaired) electrons.